The maximum atomic E-state index is 10.1. The fourth-order valence-corrected chi connectivity index (χ4v) is 2.53. The van der Waals surface area contributed by atoms with Crippen LogP contribution in [0.5, 0.6) is 0 Å². The number of rotatable bonds is 5. The molecule has 0 aromatic heterocycles. The molecule has 1 atom stereocenters. The maximum Gasteiger partial charge on any atom is 0.0732 e. The van der Waals surface area contributed by atoms with Crippen LogP contribution in [-0.2, 0) is 5.75 Å². The van der Waals surface area contributed by atoms with Crippen molar-refractivity contribution in [2.45, 2.75) is 32.1 Å². The van der Waals surface area contributed by atoms with E-state index >= 15 is 0 Å². The van der Waals surface area contributed by atoms with E-state index in [1.807, 2.05) is 45.0 Å². The van der Waals surface area contributed by atoms with Crippen molar-refractivity contribution < 1.29 is 5.11 Å². The maximum absolute atomic E-state index is 10.1. The predicted molar refractivity (Wildman–Crippen MR) is 73.1 cm³/mol. The van der Waals surface area contributed by atoms with Crippen molar-refractivity contribution in [3.05, 3.63) is 34.9 Å². The van der Waals surface area contributed by atoms with Crippen molar-refractivity contribution in [2.24, 2.45) is 5.92 Å². The highest BCUT2D eigenvalue weighted by Crippen LogP contribution is 2.24. The number of hydrogen-bond acceptors (Lipinski definition) is 2. The molecule has 16 heavy (non-hydrogen) atoms. The van der Waals surface area contributed by atoms with Crippen molar-refractivity contribution in [1.82, 2.24) is 0 Å². The molecule has 1 nitrogen and oxygen atoms in total. The predicted octanol–water partition coefficient (Wildman–Crippen LogP) is 3.98. The van der Waals surface area contributed by atoms with Crippen LogP contribution in [0.1, 0.15) is 26.3 Å². The lowest BCUT2D eigenvalue weighted by molar-refractivity contribution is 0.0376. The lowest BCUT2D eigenvalue weighted by Crippen LogP contribution is -2.33. The Labute approximate surface area is 107 Å². The minimum Gasteiger partial charge on any atom is -0.389 e. The van der Waals surface area contributed by atoms with Gasteiger partial charge in [-0.15, -0.1) is 0 Å². The molecule has 0 heterocycles. The Morgan fingerprint density at radius 1 is 1.31 bits per heavy atom. The topological polar surface area (TPSA) is 20.2 Å². The first-order valence-corrected chi connectivity index (χ1v) is 6.99. The Morgan fingerprint density at radius 2 is 1.88 bits per heavy atom. The molecule has 0 fully saturated rings. The number of aliphatic hydroxyl groups is 1. The number of thioether (sulfide) groups is 1. The molecule has 1 unspecified atom stereocenters. The molecule has 1 aromatic rings. The highest BCUT2D eigenvalue weighted by molar-refractivity contribution is 7.98. The zero-order valence-corrected chi connectivity index (χ0v) is 11.6. The molecule has 0 amide bonds. The van der Waals surface area contributed by atoms with Crippen molar-refractivity contribution in [1.29, 1.82) is 0 Å². The Hall–Kier alpha value is -0.180. The molecule has 1 rings (SSSR count). The SMILES string of the molecule is CC(C)C(C)(O)CSCc1ccc(Cl)cc1. The molecular formula is C13H19ClOS. The van der Waals surface area contributed by atoms with Gasteiger partial charge >= 0.3 is 0 Å². The molecular weight excluding hydrogens is 240 g/mol. The van der Waals surface area contributed by atoms with Crippen molar-refractivity contribution in [3.63, 3.8) is 0 Å². The second-order valence-corrected chi connectivity index (χ2v) is 6.05. The minimum absolute atomic E-state index is 0.283. The second kappa shape index (κ2) is 5.95. The second-order valence-electron chi connectivity index (χ2n) is 4.63. The van der Waals surface area contributed by atoms with E-state index in [1.165, 1.54) is 5.56 Å². The molecule has 0 aliphatic carbocycles. The average molecular weight is 259 g/mol. The van der Waals surface area contributed by atoms with Crippen LogP contribution in [0.15, 0.2) is 24.3 Å². The van der Waals surface area contributed by atoms with E-state index in [1.54, 1.807) is 11.8 Å². The summed E-state index contributed by atoms with van der Waals surface area (Å²) in [5.41, 5.74) is 0.658. The van der Waals surface area contributed by atoms with E-state index in [0.717, 1.165) is 16.5 Å². The summed E-state index contributed by atoms with van der Waals surface area (Å²) in [6.45, 7) is 5.98. The van der Waals surface area contributed by atoms with E-state index < -0.39 is 5.60 Å². The Morgan fingerprint density at radius 3 is 2.38 bits per heavy atom. The smallest absolute Gasteiger partial charge is 0.0732 e. The van der Waals surface area contributed by atoms with E-state index in [0.29, 0.717) is 0 Å². The molecule has 0 aliphatic rings. The number of hydrogen-bond donors (Lipinski definition) is 1. The molecule has 0 spiro atoms. The van der Waals surface area contributed by atoms with Crippen molar-refractivity contribution >= 4 is 23.4 Å². The number of halogens is 1. The van der Waals surface area contributed by atoms with Crippen LogP contribution in [0.25, 0.3) is 0 Å². The van der Waals surface area contributed by atoms with Gasteiger partial charge in [-0.3, -0.25) is 0 Å². The molecule has 90 valence electrons. The van der Waals surface area contributed by atoms with Gasteiger partial charge < -0.3 is 5.11 Å². The quantitative estimate of drug-likeness (QED) is 0.862. The standard InChI is InChI=1S/C13H19ClOS/c1-10(2)13(3,15)9-16-8-11-4-6-12(14)7-5-11/h4-7,10,15H,8-9H2,1-3H3. The first-order chi connectivity index (χ1) is 7.42. The van der Waals surface area contributed by atoms with Gasteiger partial charge in [0.15, 0.2) is 0 Å². The van der Waals surface area contributed by atoms with Gasteiger partial charge in [0.25, 0.3) is 0 Å². The van der Waals surface area contributed by atoms with Crippen LogP contribution >= 0.6 is 23.4 Å². The normalized spacial score (nSPS) is 15.1. The molecule has 1 N–H and O–H groups in total. The third kappa shape index (κ3) is 4.36. The molecule has 1 aromatic carbocycles. The van der Waals surface area contributed by atoms with E-state index in [-0.39, 0.29) is 5.92 Å². The highest BCUT2D eigenvalue weighted by atomic mass is 35.5. The van der Waals surface area contributed by atoms with Crippen molar-refractivity contribution in [2.75, 3.05) is 5.75 Å². The molecule has 3 heteroatoms. The summed E-state index contributed by atoms with van der Waals surface area (Å²) in [4.78, 5) is 0. The third-order valence-corrected chi connectivity index (χ3v) is 4.40. The zero-order valence-electron chi connectivity index (χ0n) is 10.0. The molecule has 0 saturated heterocycles. The van der Waals surface area contributed by atoms with Crippen LogP contribution in [0, 0.1) is 5.92 Å². The molecule has 0 radical (unpaired) electrons. The van der Waals surface area contributed by atoms with Gasteiger partial charge in [0, 0.05) is 16.5 Å². The van der Waals surface area contributed by atoms with Crippen LogP contribution in [0.3, 0.4) is 0 Å². The van der Waals surface area contributed by atoms with E-state index in [4.69, 9.17) is 11.6 Å². The zero-order chi connectivity index (χ0) is 12.2. The van der Waals surface area contributed by atoms with Gasteiger partial charge in [-0.05, 0) is 30.5 Å². The van der Waals surface area contributed by atoms with Gasteiger partial charge in [0.1, 0.15) is 0 Å². The number of benzene rings is 1. The lowest BCUT2D eigenvalue weighted by atomic mass is 9.95. The molecule has 0 aliphatic heterocycles. The summed E-state index contributed by atoms with van der Waals surface area (Å²) in [5, 5.41) is 10.8. The Bertz CT molecular complexity index is 319. The summed E-state index contributed by atoms with van der Waals surface area (Å²) < 4.78 is 0. The van der Waals surface area contributed by atoms with Crippen LogP contribution in [-0.4, -0.2) is 16.5 Å². The summed E-state index contributed by atoms with van der Waals surface area (Å²) in [6.07, 6.45) is 0. The van der Waals surface area contributed by atoms with Gasteiger partial charge in [-0.2, -0.15) is 11.8 Å². The lowest BCUT2D eigenvalue weighted by Gasteiger charge is -2.27. The van der Waals surface area contributed by atoms with Crippen LogP contribution < -0.4 is 0 Å². The van der Waals surface area contributed by atoms with Crippen LogP contribution in [0.4, 0.5) is 0 Å². The largest absolute Gasteiger partial charge is 0.389 e. The Balaban J connectivity index is 2.39. The van der Waals surface area contributed by atoms with Gasteiger partial charge in [-0.1, -0.05) is 37.6 Å². The molecule has 0 bridgehead atoms. The first-order valence-electron chi connectivity index (χ1n) is 5.46. The fraction of sp³-hybridized carbons (Fsp3) is 0.538. The fourth-order valence-electron chi connectivity index (χ4n) is 1.12. The van der Waals surface area contributed by atoms with Gasteiger partial charge in [0.05, 0.1) is 5.60 Å². The minimum atomic E-state index is -0.586. The average Bonchev–Trinajstić information content (AvgIpc) is 2.20. The van der Waals surface area contributed by atoms with E-state index in [2.05, 4.69) is 0 Å². The van der Waals surface area contributed by atoms with Crippen LogP contribution in [0.2, 0.25) is 5.02 Å². The summed E-state index contributed by atoms with van der Waals surface area (Å²) >= 11 is 7.57. The highest BCUT2D eigenvalue weighted by Gasteiger charge is 2.24. The monoisotopic (exact) mass is 258 g/mol. The van der Waals surface area contributed by atoms with Gasteiger partial charge in [0.2, 0.25) is 0 Å². The van der Waals surface area contributed by atoms with Gasteiger partial charge in [-0.25, -0.2) is 0 Å². The summed E-state index contributed by atoms with van der Waals surface area (Å²) in [5.74, 6) is 1.96. The summed E-state index contributed by atoms with van der Waals surface area (Å²) in [7, 11) is 0. The van der Waals surface area contributed by atoms with Crippen molar-refractivity contribution in [3.8, 4) is 0 Å². The summed E-state index contributed by atoms with van der Waals surface area (Å²) in [6, 6.07) is 7.86. The van der Waals surface area contributed by atoms with E-state index in [9.17, 15) is 5.11 Å². The molecule has 0 saturated carbocycles. The first kappa shape index (κ1) is 13.9. The third-order valence-electron chi connectivity index (χ3n) is 2.82. The Kier molecular flexibility index (Phi) is 5.16.